The summed E-state index contributed by atoms with van der Waals surface area (Å²) < 4.78 is 0. The van der Waals surface area contributed by atoms with Crippen LogP contribution in [-0.2, 0) is 0 Å². The van der Waals surface area contributed by atoms with Crippen molar-refractivity contribution in [2.75, 3.05) is 5.32 Å². The summed E-state index contributed by atoms with van der Waals surface area (Å²) in [6, 6.07) is 13.3. The Labute approximate surface area is 121 Å². The number of H-pyrrole nitrogens is 1. The molecule has 0 aliphatic rings. The molecule has 2 aromatic carbocycles. The van der Waals surface area contributed by atoms with E-state index in [9.17, 15) is 0 Å². The van der Waals surface area contributed by atoms with Crippen LogP contribution in [0, 0.1) is 5.41 Å². The Hall–Kier alpha value is -2.33. The summed E-state index contributed by atoms with van der Waals surface area (Å²) in [6.07, 6.45) is 0. The van der Waals surface area contributed by atoms with Gasteiger partial charge in [0.25, 0.3) is 0 Å². The van der Waals surface area contributed by atoms with E-state index < -0.39 is 0 Å². The van der Waals surface area contributed by atoms with E-state index in [1.807, 2.05) is 42.5 Å². The number of hydrogen-bond acceptors (Lipinski definition) is 2. The van der Waals surface area contributed by atoms with Crippen LogP contribution >= 0.6 is 11.6 Å². The summed E-state index contributed by atoms with van der Waals surface area (Å²) >= 11 is 6.19. The van der Waals surface area contributed by atoms with Crippen LogP contribution in [-0.4, -0.2) is 15.8 Å². The second kappa shape index (κ2) is 4.98. The Morgan fingerprint density at radius 1 is 1.25 bits per heavy atom. The van der Waals surface area contributed by atoms with Gasteiger partial charge in [-0.2, -0.15) is 0 Å². The quantitative estimate of drug-likeness (QED) is 0.485. The molecule has 0 radical (unpaired) electrons. The number of rotatable bonds is 2. The van der Waals surface area contributed by atoms with Gasteiger partial charge in [0.1, 0.15) is 5.82 Å². The predicted octanol–water partition coefficient (Wildman–Crippen LogP) is 4.29. The Morgan fingerprint density at radius 2 is 2.05 bits per heavy atom. The number of aromatic amines is 1. The van der Waals surface area contributed by atoms with Gasteiger partial charge in [-0.15, -0.1) is 0 Å². The van der Waals surface area contributed by atoms with E-state index in [0.717, 1.165) is 28.1 Å². The third kappa shape index (κ3) is 2.38. The molecule has 0 unspecified atom stereocenters. The van der Waals surface area contributed by atoms with Crippen LogP contribution < -0.4 is 5.32 Å². The molecule has 0 saturated carbocycles. The molecule has 100 valence electrons. The molecule has 4 nitrogen and oxygen atoms in total. The molecule has 3 rings (SSSR count). The molecular formula is C15H13ClN4. The Morgan fingerprint density at radius 3 is 2.80 bits per heavy atom. The first kappa shape index (κ1) is 12.7. The van der Waals surface area contributed by atoms with Crippen molar-refractivity contribution in [1.29, 1.82) is 5.41 Å². The number of amidine groups is 1. The average molecular weight is 285 g/mol. The van der Waals surface area contributed by atoms with Gasteiger partial charge in [-0.1, -0.05) is 23.7 Å². The number of imidazole rings is 1. The van der Waals surface area contributed by atoms with Crippen LogP contribution in [0.5, 0.6) is 0 Å². The van der Waals surface area contributed by atoms with Gasteiger partial charge in [-0.05, 0) is 37.3 Å². The minimum absolute atomic E-state index is 0.398. The highest BCUT2D eigenvalue weighted by molar-refractivity contribution is 6.33. The van der Waals surface area contributed by atoms with Crippen LogP contribution in [0.1, 0.15) is 6.92 Å². The molecule has 0 saturated heterocycles. The third-order valence-corrected chi connectivity index (χ3v) is 3.27. The highest BCUT2D eigenvalue weighted by Gasteiger charge is 2.08. The molecule has 0 aliphatic heterocycles. The molecule has 20 heavy (non-hydrogen) atoms. The maximum absolute atomic E-state index is 7.45. The van der Waals surface area contributed by atoms with Gasteiger partial charge in [0.15, 0.2) is 0 Å². The first-order chi connectivity index (χ1) is 9.63. The maximum atomic E-state index is 7.45. The second-order valence-corrected chi connectivity index (χ2v) is 4.95. The van der Waals surface area contributed by atoms with E-state index in [4.69, 9.17) is 17.0 Å². The first-order valence-electron chi connectivity index (χ1n) is 6.20. The van der Waals surface area contributed by atoms with Crippen LogP contribution in [0.4, 0.5) is 5.69 Å². The zero-order valence-electron chi connectivity index (χ0n) is 10.9. The fraction of sp³-hybridized carbons (Fsp3) is 0.0667. The van der Waals surface area contributed by atoms with Crippen molar-refractivity contribution < 1.29 is 0 Å². The number of fused-ring (bicyclic) bond motifs is 1. The molecule has 0 spiro atoms. The van der Waals surface area contributed by atoms with Crippen LogP contribution in [0.15, 0.2) is 42.5 Å². The number of anilines is 1. The number of hydrogen-bond donors (Lipinski definition) is 3. The molecule has 0 bridgehead atoms. The van der Waals surface area contributed by atoms with Crippen molar-refractivity contribution >= 4 is 34.2 Å². The Bertz CT molecular complexity index is 791. The largest absolute Gasteiger partial charge is 0.344 e. The molecule has 0 aliphatic carbocycles. The van der Waals surface area contributed by atoms with Crippen LogP contribution in [0.2, 0.25) is 5.02 Å². The lowest BCUT2D eigenvalue weighted by Gasteiger charge is -2.02. The summed E-state index contributed by atoms with van der Waals surface area (Å²) in [5.41, 5.74) is 3.52. The number of halogens is 1. The number of aromatic nitrogens is 2. The minimum atomic E-state index is 0.398. The fourth-order valence-corrected chi connectivity index (χ4v) is 2.31. The van der Waals surface area contributed by atoms with E-state index in [0.29, 0.717) is 10.9 Å². The van der Waals surface area contributed by atoms with Gasteiger partial charge < -0.3 is 10.3 Å². The maximum Gasteiger partial charge on any atom is 0.139 e. The first-order valence-corrected chi connectivity index (χ1v) is 6.58. The summed E-state index contributed by atoms with van der Waals surface area (Å²) in [5.74, 6) is 1.14. The molecule has 0 atom stereocenters. The minimum Gasteiger partial charge on any atom is -0.344 e. The predicted molar refractivity (Wildman–Crippen MR) is 83.6 cm³/mol. The number of nitrogens with zero attached hydrogens (tertiary/aromatic N) is 1. The van der Waals surface area contributed by atoms with Crippen molar-refractivity contribution in [1.82, 2.24) is 9.97 Å². The number of nitrogens with one attached hydrogen (secondary N) is 3. The SMILES string of the molecule is CC(=N)Nc1ccc2nc(-c3ccccc3Cl)[nH]c2c1. The van der Waals surface area contributed by atoms with E-state index in [-0.39, 0.29) is 0 Å². The molecule has 0 amide bonds. The fourth-order valence-electron chi connectivity index (χ4n) is 2.08. The summed E-state index contributed by atoms with van der Waals surface area (Å²) in [6.45, 7) is 1.70. The third-order valence-electron chi connectivity index (χ3n) is 2.94. The Balaban J connectivity index is 2.07. The highest BCUT2D eigenvalue weighted by Crippen LogP contribution is 2.28. The topological polar surface area (TPSA) is 64.6 Å². The van der Waals surface area contributed by atoms with Crippen LogP contribution in [0.3, 0.4) is 0 Å². The van der Waals surface area contributed by atoms with E-state index in [1.54, 1.807) is 6.92 Å². The van der Waals surface area contributed by atoms with Crippen molar-refractivity contribution in [3.63, 3.8) is 0 Å². The molecule has 5 heteroatoms. The molecule has 3 aromatic rings. The highest BCUT2D eigenvalue weighted by atomic mass is 35.5. The molecule has 0 fully saturated rings. The normalized spacial score (nSPS) is 10.7. The van der Waals surface area contributed by atoms with Crippen LogP contribution in [0.25, 0.3) is 22.4 Å². The standard InChI is InChI=1S/C15H13ClN4/c1-9(17)18-10-6-7-13-14(8-10)20-15(19-13)11-4-2-3-5-12(11)16/h2-8H,1H3,(H2,17,18)(H,19,20). The number of benzene rings is 2. The lowest BCUT2D eigenvalue weighted by Crippen LogP contribution is -2.04. The van der Waals surface area contributed by atoms with Crippen molar-refractivity contribution in [2.24, 2.45) is 0 Å². The summed E-state index contributed by atoms with van der Waals surface area (Å²) in [7, 11) is 0. The lowest BCUT2D eigenvalue weighted by atomic mass is 10.2. The van der Waals surface area contributed by atoms with Gasteiger partial charge in [0.2, 0.25) is 0 Å². The van der Waals surface area contributed by atoms with Crippen molar-refractivity contribution in [2.45, 2.75) is 6.92 Å². The van der Waals surface area contributed by atoms with Crippen molar-refractivity contribution in [3.05, 3.63) is 47.5 Å². The van der Waals surface area contributed by atoms with Gasteiger partial charge in [0.05, 0.1) is 21.9 Å². The second-order valence-electron chi connectivity index (χ2n) is 4.55. The van der Waals surface area contributed by atoms with Gasteiger partial charge in [-0.3, -0.25) is 5.41 Å². The summed E-state index contributed by atoms with van der Waals surface area (Å²) in [5, 5.41) is 11.1. The van der Waals surface area contributed by atoms with Crippen molar-refractivity contribution in [3.8, 4) is 11.4 Å². The monoisotopic (exact) mass is 284 g/mol. The summed E-state index contributed by atoms with van der Waals surface area (Å²) in [4.78, 5) is 7.80. The average Bonchev–Trinajstić information content (AvgIpc) is 2.81. The molecule has 1 heterocycles. The van der Waals surface area contributed by atoms with E-state index >= 15 is 0 Å². The zero-order valence-corrected chi connectivity index (χ0v) is 11.6. The molecule has 3 N–H and O–H groups in total. The smallest absolute Gasteiger partial charge is 0.139 e. The molecule has 1 aromatic heterocycles. The van der Waals surface area contributed by atoms with Gasteiger partial charge in [0, 0.05) is 11.3 Å². The lowest BCUT2D eigenvalue weighted by molar-refractivity contribution is 1.34. The van der Waals surface area contributed by atoms with E-state index in [1.165, 1.54) is 0 Å². The Kier molecular flexibility index (Phi) is 3.16. The van der Waals surface area contributed by atoms with Gasteiger partial charge >= 0.3 is 0 Å². The van der Waals surface area contributed by atoms with E-state index in [2.05, 4.69) is 15.3 Å². The van der Waals surface area contributed by atoms with Gasteiger partial charge in [-0.25, -0.2) is 4.98 Å². The zero-order chi connectivity index (χ0) is 14.1. The molecular weight excluding hydrogens is 272 g/mol.